The van der Waals surface area contributed by atoms with Gasteiger partial charge in [0.05, 0.1) is 6.61 Å². The number of halogens is 1. The van der Waals surface area contributed by atoms with Crippen LogP contribution in [0.4, 0.5) is 10.8 Å². The van der Waals surface area contributed by atoms with Gasteiger partial charge in [-0.05, 0) is 24.6 Å². The number of hydrogen-bond donors (Lipinski definition) is 1. The van der Waals surface area contributed by atoms with Crippen molar-refractivity contribution in [2.24, 2.45) is 0 Å². The topological polar surface area (TPSA) is 67.3 Å². The Morgan fingerprint density at radius 1 is 1.52 bits per heavy atom. The molecule has 122 valence electrons. The molecular weight excluding hydrogens is 336 g/mol. The van der Waals surface area contributed by atoms with Gasteiger partial charge in [-0.3, -0.25) is 4.79 Å². The summed E-state index contributed by atoms with van der Waals surface area (Å²) in [6.07, 6.45) is 1.39. The molecule has 1 saturated heterocycles. The second kappa shape index (κ2) is 7.25. The van der Waals surface area contributed by atoms with E-state index in [1.807, 2.05) is 12.1 Å². The quantitative estimate of drug-likeness (QED) is 0.865. The number of nitrogens with one attached hydrogen (secondary N) is 1. The summed E-state index contributed by atoms with van der Waals surface area (Å²) >= 11 is 7.27. The van der Waals surface area contributed by atoms with Crippen LogP contribution in [0, 0.1) is 0 Å². The van der Waals surface area contributed by atoms with Crippen molar-refractivity contribution in [1.82, 2.24) is 9.36 Å². The normalized spacial score (nSPS) is 17.7. The molecule has 0 bridgehead atoms. The van der Waals surface area contributed by atoms with Crippen LogP contribution in [0.2, 0.25) is 5.02 Å². The van der Waals surface area contributed by atoms with Gasteiger partial charge in [-0.2, -0.15) is 4.37 Å². The van der Waals surface area contributed by atoms with Gasteiger partial charge in [0, 0.05) is 42.3 Å². The smallest absolute Gasteiger partial charge is 0.249 e. The van der Waals surface area contributed by atoms with Crippen LogP contribution in [-0.2, 0) is 16.0 Å². The molecule has 1 aliphatic heterocycles. The van der Waals surface area contributed by atoms with Crippen molar-refractivity contribution in [3.63, 3.8) is 0 Å². The zero-order chi connectivity index (χ0) is 16.2. The summed E-state index contributed by atoms with van der Waals surface area (Å²) < 4.78 is 9.27. The van der Waals surface area contributed by atoms with Crippen molar-refractivity contribution in [1.29, 1.82) is 0 Å². The predicted molar refractivity (Wildman–Crippen MR) is 91.3 cm³/mol. The van der Waals surface area contributed by atoms with Crippen molar-refractivity contribution in [3.8, 4) is 0 Å². The molecule has 1 N–H and O–H groups in total. The monoisotopic (exact) mass is 352 g/mol. The number of rotatable bonds is 6. The minimum Gasteiger partial charge on any atom is -0.384 e. The Morgan fingerprint density at radius 3 is 3.17 bits per heavy atom. The summed E-state index contributed by atoms with van der Waals surface area (Å²) in [7, 11) is 1.65. The Balaban J connectivity index is 1.64. The Morgan fingerprint density at radius 2 is 2.39 bits per heavy atom. The molecule has 1 amide bonds. The van der Waals surface area contributed by atoms with Gasteiger partial charge in [-0.25, -0.2) is 4.98 Å². The molecule has 0 saturated carbocycles. The lowest BCUT2D eigenvalue weighted by Gasteiger charge is -2.17. The highest BCUT2D eigenvalue weighted by atomic mass is 35.5. The molecular formula is C15H17ClN4O2S. The summed E-state index contributed by atoms with van der Waals surface area (Å²) in [5, 5.41) is 4.47. The van der Waals surface area contributed by atoms with Gasteiger partial charge in [0.2, 0.25) is 11.0 Å². The highest BCUT2D eigenvalue weighted by molar-refractivity contribution is 7.09. The molecule has 1 atom stereocenters. The van der Waals surface area contributed by atoms with E-state index in [1.165, 1.54) is 11.5 Å². The van der Waals surface area contributed by atoms with E-state index in [4.69, 9.17) is 16.3 Å². The molecule has 8 heteroatoms. The van der Waals surface area contributed by atoms with E-state index in [0.717, 1.165) is 17.9 Å². The number of amides is 1. The first-order valence-corrected chi connectivity index (χ1v) is 8.47. The van der Waals surface area contributed by atoms with Gasteiger partial charge in [0.1, 0.15) is 11.9 Å². The third kappa shape index (κ3) is 3.80. The maximum atomic E-state index is 12.6. The number of benzene rings is 1. The zero-order valence-corrected chi connectivity index (χ0v) is 14.2. The van der Waals surface area contributed by atoms with Crippen molar-refractivity contribution >= 4 is 39.9 Å². The van der Waals surface area contributed by atoms with Crippen LogP contribution in [0.1, 0.15) is 12.2 Å². The molecule has 0 radical (unpaired) electrons. The van der Waals surface area contributed by atoms with Crippen LogP contribution >= 0.6 is 23.1 Å². The Hall–Kier alpha value is -1.70. The first kappa shape index (κ1) is 16.2. The molecule has 1 fully saturated rings. The van der Waals surface area contributed by atoms with E-state index in [2.05, 4.69) is 14.7 Å². The van der Waals surface area contributed by atoms with Gasteiger partial charge in [0.25, 0.3) is 0 Å². The van der Waals surface area contributed by atoms with E-state index in [0.29, 0.717) is 29.7 Å². The van der Waals surface area contributed by atoms with Crippen molar-refractivity contribution in [2.45, 2.75) is 18.9 Å². The average molecular weight is 353 g/mol. The van der Waals surface area contributed by atoms with Crippen molar-refractivity contribution in [3.05, 3.63) is 35.1 Å². The number of carbonyl (C=O) groups is 1. The average Bonchev–Trinajstić information content (AvgIpc) is 3.13. The summed E-state index contributed by atoms with van der Waals surface area (Å²) in [6, 6.07) is 7.05. The third-order valence-corrected chi connectivity index (χ3v) is 4.54. The second-order valence-corrected chi connectivity index (χ2v) is 6.40. The lowest BCUT2D eigenvalue weighted by molar-refractivity contribution is -0.117. The number of hydrogen-bond acceptors (Lipinski definition) is 6. The van der Waals surface area contributed by atoms with E-state index in [9.17, 15) is 4.79 Å². The molecule has 1 aromatic carbocycles. The molecule has 3 rings (SSSR count). The Bertz CT molecular complexity index is 694. The van der Waals surface area contributed by atoms with Crippen LogP contribution in [0.5, 0.6) is 0 Å². The Kier molecular flexibility index (Phi) is 5.09. The lowest BCUT2D eigenvalue weighted by Crippen LogP contribution is -2.33. The van der Waals surface area contributed by atoms with Gasteiger partial charge in [-0.15, -0.1) is 0 Å². The number of carbonyl (C=O) groups excluding carboxylic acids is 1. The third-order valence-electron chi connectivity index (χ3n) is 3.62. The molecule has 2 aromatic rings. The number of anilines is 2. The number of ether oxygens (including phenoxy) is 1. The molecule has 1 aliphatic rings. The molecule has 1 unspecified atom stereocenters. The Labute approximate surface area is 143 Å². The minimum atomic E-state index is -0.280. The second-order valence-electron chi connectivity index (χ2n) is 5.21. The first-order chi connectivity index (χ1) is 11.2. The molecule has 6 nitrogen and oxygen atoms in total. The summed E-state index contributed by atoms with van der Waals surface area (Å²) in [5.41, 5.74) is 0.824. The first-order valence-electron chi connectivity index (χ1n) is 7.32. The lowest BCUT2D eigenvalue weighted by atomic mass is 10.2. The summed E-state index contributed by atoms with van der Waals surface area (Å²) in [5.74, 6) is 0.761. The zero-order valence-electron chi connectivity index (χ0n) is 12.7. The standard InChI is InChI=1S/C15H17ClN4O2S/c1-22-8-6-13-18-15(23-19-13)17-12-5-7-20(14(12)21)11-4-2-3-10(16)9-11/h2-4,9,12H,5-8H2,1H3,(H,17,18,19). The van der Waals surface area contributed by atoms with Gasteiger partial charge < -0.3 is 15.0 Å². The summed E-state index contributed by atoms with van der Waals surface area (Å²) in [4.78, 5) is 18.7. The van der Waals surface area contributed by atoms with Crippen molar-refractivity contribution < 1.29 is 9.53 Å². The number of methoxy groups -OCH3 is 1. The molecule has 2 heterocycles. The van der Waals surface area contributed by atoms with Crippen molar-refractivity contribution in [2.75, 3.05) is 30.5 Å². The van der Waals surface area contributed by atoms with Crippen LogP contribution in [0.3, 0.4) is 0 Å². The van der Waals surface area contributed by atoms with Crippen LogP contribution in [-0.4, -0.2) is 41.6 Å². The molecule has 1 aromatic heterocycles. The fourth-order valence-electron chi connectivity index (χ4n) is 2.47. The highest BCUT2D eigenvalue weighted by Crippen LogP contribution is 2.26. The van der Waals surface area contributed by atoms with Crippen LogP contribution in [0.25, 0.3) is 0 Å². The molecule has 0 aliphatic carbocycles. The largest absolute Gasteiger partial charge is 0.384 e. The fourth-order valence-corrected chi connectivity index (χ4v) is 3.32. The molecule has 0 spiro atoms. The van der Waals surface area contributed by atoms with Crippen LogP contribution in [0.15, 0.2) is 24.3 Å². The fraction of sp³-hybridized carbons (Fsp3) is 0.400. The van der Waals surface area contributed by atoms with E-state index >= 15 is 0 Å². The maximum Gasteiger partial charge on any atom is 0.249 e. The maximum absolute atomic E-state index is 12.6. The minimum absolute atomic E-state index is 0.0286. The number of nitrogens with zero attached hydrogens (tertiary/aromatic N) is 3. The SMILES string of the molecule is COCCc1nsc(NC2CCN(c3cccc(Cl)c3)C2=O)n1. The number of aromatic nitrogens is 2. The van der Waals surface area contributed by atoms with Gasteiger partial charge in [0.15, 0.2) is 0 Å². The van der Waals surface area contributed by atoms with E-state index < -0.39 is 0 Å². The predicted octanol–water partition coefficient (Wildman–Crippen LogP) is 2.60. The highest BCUT2D eigenvalue weighted by Gasteiger charge is 2.33. The van der Waals surface area contributed by atoms with Crippen LogP contribution < -0.4 is 10.2 Å². The van der Waals surface area contributed by atoms with Gasteiger partial charge in [-0.1, -0.05) is 17.7 Å². The van der Waals surface area contributed by atoms with Gasteiger partial charge >= 0.3 is 0 Å². The summed E-state index contributed by atoms with van der Waals surface area (Å²) in [6.45, 7) is 1.24. The van der Waals surface area contributed by atoms with E-state index in [-0.39, 0.29) is 11.9 Å². The van der Waals surface area contributed by atoms with E-state index in [1.54, 1.807) is 24.1 Å². The molecule has 23 heavy (non-hydrogen) atoms.